The third-order valence-electron chi connectivity index (χ3n) is 3.58. The molecule has 1 aromatic rings. The van der Waals surface area contributed by atoms with E-state index in [9.17, 15) is 18.0 Å². The lowest BCUT2D eigenvalue weighted by Gasteiger charge is -2.29. The summed E-state index contributed by atoms with van der Waals surface area (Å²) in [5.74, 6) is -4.87. The van der Waals surface area contributed by atoms with Gasteiger partial charge in [-0.25, -0.2) is 13.2 Å². The van der Waals surface area contributed by atoms with E-state index in [1.807, 2.05) is 0 Å². The normalized spacial score (nSPS) is 19.8. The fourth-order valence-corrected chi connectivity index (χ4v) is 3.12. The monoisotopic (exact) mass is 349 g/mol. The van der Waals surface area contributed by atoms with Crippen LogP contribution in [0.25, 0.3) is 0 Å². The molecule has 0 bridgehead atoms. The molecule has 0 aromatic heterocycles. The van der Waals surface area contributed by atoms with Gasteiger partial charge in [0.2, 0.25) is 0 Å². The number of amides is 1. The van der Waals surface area contributed by atoms with Crippen LogP contribution >= 0.6 is 15.9 Å². The Balaban J connectivity index is 2.31. The van der Waals surface area contributed by atoms with Crippen LogP contribution in [0.5, 0.6) is 0 Å². The Labute approximate surface area is 124 Å². The number of halogens is 4. The predicted octanol–water partition coefficient (Wildman–Crippen LogP) is 3.88. The molecule has 1 saturated heterocycles. The maximum atomic E-state index is 13.7. The quantitative estimate of drug-likeness (QED) is 0.586. The molecule has 110 valence electrons. The Morgan fingerprint density at radius 2 is 1.95 bits per heavy atom. The first kappa shape index (κ1) is 15.4. The van der Waals surface area contributed by atoms with Gasteiger partial charge in [-0.2, -0.15) is 0 Å². The van der Waals surface area contributed by atoms with Crippen LogP contribution in [-0.4, -0.2) is 28.7 Å². The smallest absolute Gasteiger partial charge is 0.257 e. The molecule has 20 heavy (non-hydrogen) atoms. The minimum atomic E-state index is -1.60. The molecule has 6 heteroatoms. The summed E-state index contributed by atoms with van der Waals surface area (Å²) in [5.41, 5.74) is -0.406. The van der Waals surface area contributed by atoms with Crippen molar-refractivity contribution in [1.82, 2.24) is 4.90 Å². The molecule has 1 aliphatic rings. The highest BCUT2D eigenvalue weighted by Gasteiger charge is 2.28. The highest BCUT2D eigenvalue weighted by atomic mass is 79.9. The molecule has 0 aliphatic carbocycles. The number of benzene rings is 1. The third-order valence-corrected chi connectivity index (χ3v) is 4.33. The summed E-state index contributed by atoms with van der Waals surface area (Å²) in [7, 11) is 0. The van der Waals surface area contributed by atoms with Gasteiger partial charge in [0.25, 0.3) is 5.91 Å². The summed E-state index contributed by atoms with van der Waals surface area (Å²) in [5, 5.41) is 0.587. The zero-order valence-corrected chi connectivity index (χ0v) is 12.4. The molecule has 0 spiro atoms. The molecule has 2 nitrogen and oxygen atoms in total. The average molecular weight is 350 g/mol. The number of hydrogen-bond acceptors (Lipinski definition) is 1. The predicted molar refractivity (Wildman–Crippen MR) is 73.4 cm³/mol. The fraction of sp³-hybridized carbons (Fsp3) is 0.500. The van der Waals surface area contributed by atoms with Crippen molar-refractivity contribution in [3.05, 3.63) is 35.1 Å². The van der Waals surface area contributed by atoms with E-state index >= 15 is 0 Å². The molecule has 0 radical (unpaired) electrons. The van der Waals surface area contributed by atoms with Crippen molar-refractivity contribution in [1.29, 1.82) is 0 Å². The van der Waals surface area contributed by atoms with E-state index in [0.29, 0.717) is 11.9 Å². The van der Waals surface area contributed by atoms with Crippen LogP contribution in [0.4, 0.5) is 13.2 Å². The van der Waals surface area contributed by atoms with Crippen molar-refractivity contribution in [2.45, 2.75) is 31.7 Å². The van der Waals surface area contributed by atoms with Crippen LogP contribution in [0, 0.1) is 17.5 Å². The second-order valence-electron chi connectivity index (χ2n) is 4.88. The number of alkyl halides is 1. The van der Waals surface area contributed by atoms with E-state index in [1.165, 1.54) is 0 Å². The molecule has 1 atom stereocenters. The lowest BCUT2D eigenvalue weighted by molar-refractivity contribution is 0.0696. The van der Waals surface area contributed by atoms with Gasteiger partial charge in [0.15, 0.2) is 17.5 Å². The minimum Gasteiger partial charge on any atom is -0.335 e. The Bertz CT molecular complexity index is 509. The van der Waals surface area contributed by atoms with E-state index in [1.54, 1.807) is 4.90 Å². The van der Waals surface area contributed by atoms with E-state index in [2.05, 4.69) is 15.9 Å². The molecule has 1 unspecified atom stereocenters. The average Bonchev–Trinajstić information content (AvgIpc) is 2.69. The fourth-order valence-electron chi connectivity index (χ4n) is 2.45. The maximum absolute atomic E-state index is 13.7. The van der Waals surface area contributed by atoms with E-state index < -0.39 is 28.9 Å². The topological polar surface area (TPSA) is 20.3 Å². The van der Waals surface area contributed by atoms with E-state index in [-0.39, 0.29) is 6.04 Å². The Morgan fingerprint density at radius 1 is 1.20 bits per heavy atom. The van der Waals surface area contributed by atoms with Gasteiger partial charge in [0.1, 0.15) is 0 Å². The lowest BCUT2D eigenvalue weighted by Crippen LogP contribution is -2.41. The summed E-state index contributed by atoms with van der Waals surface area (Å²) in [6.07, 6.45) is 3.66. The lowest BCUT2D eigenvalue weighted by atomic mass is 10.1. The molecular weight excluding hydrogens is 335 g/mol. The van der Waals surface area contributed by atoms with Gasteiger partial charge < -0.3 is 4.90 Å². The summed E-state index contributed by atoms with van der Waals surface area (Å²) < 4.78 is 39.9. The zero-order valence-electron chi connectivity index (χ0n) is 10.8. The van der Waals surface area contributed by atoms with Crippen LogP contribution in [0.2, 0.25) is 0 Å². The summed E-state index contributed by atoms with van der Waals surface area (Å²) in [6.45, 7) is 0.507. The van der Waals surface area contributed by atoms with Gasteiger partial charge >= 0.3 is 0 Å². The van der Waals surface area contributed by atoms with Gasteiger partial charge in [-0.3, -0.25) is 4.79 Å². The first-order valence-electron chi connectivity index (χ1n) is 6.56. The second kappa shape index (κ2) is 6.61. The molecule has 0 saturated carbocycles. The van der Waals surface area contributed by atoms with Crippen LogP contribution in [0.15, 0.2) is 12.1 Å². The first-order chi connectivity index (χ1) is 9.56. The van der Waals surface area contributed by atoms with Crippen molar-refractivity contribution < 1.29 is 18.0 Å². The van der Waals surface area contributed by atoms with Gasteiger partial charge in [0.05, 0.1) is 5.56 Å². The minimum absolute atomic E-state index is 0.0440. The van der Waals surface area contributed by atoms with Crippen molar-refractivity contribution in [2.24, 2.45) is 0 Å². The first-order valence-corrected chi connectivity index (χ1v) is 7.69. The van der Waals surface area contributed by atoms with Crippen LogP contribution in [0.1, 0.15) is 36.0 Å². The van der Waals surface area contributed by atoms with Gasteiger partial charge in [-0.05, 0) is 25.0 Å². The molecule has 1 aromatic carbocycles. The van der Waals surface area contributed by atoms with Crippen LogP contribution in [-0.2, 0) is 0 Å². The molecule has 1 fully saturated rings. The van der Waals surface area contributed by atoms with Gasteiger partial charge in [0, 0.05) is 17.9 Å². The number of hydrogen-bond donors (Lipinski definition) is 0. The Kier molecular flexibility index (Phi) is 5.07. The number of carbonyl (C=O) groups is 1. The van der Waals surface area contributed by atoms with Crippen molar-refractivity contribution in [2.75, 3.05) is 11.9 Å². The summed E-state index contributed by atoms with van der Waals surface area (Å²) >= 11 is 3.35. The second-order valence-corrected chi connectivity index (χ2v) is 5.53. The van der Waals surface area contributed by atoms with Crippen molar-refractivity contribution >= 4 is 21.8 Å². The van der Waals surface area contributed by atoms with Crippen molar-refractivity contribution in [3.8, 4) is 0 Å². The van der Waals surface area contributed by atoms with Crippen molar-refractivity contribution in [3.63, 3.8) is 0 Å². The maximum Gasteiger partial charge on any atom is 0.257 e. The number of carbonyl (C=O) groups excluding carboxylic acids is 1. The van der Waals surface area contributed by atoms with Crippen LogP contribution < -0.4 is 0 Å². The third kappa shape index (κ3) is 3.00. The zero-order chi connectivity index (χ0) is 14.7. The van der Waals surface area contributed by atoms with Crippen LogP contribution in [0.3, 0.4) is 0 Å². The standard InChI is InChI=1S/C14H15BrF3NO/c15-8-9-4-2-1-3-7-19(9)14(20)10-5-6-11(16)13(18)12(10)17/h5-6,9H,1-4,7-8H2. The number of nitrogens with zero attached hydrogens (tertiary/aromatic N) is 1. The van der Waals surface area contributed by atoms with E-state index in [4.69, 9.17) is 0 Å². The summed E-state index contributed by atoms with van der Waals surface area (Å²) in [6, 6.07) is 1.75. The molecular formula is C14H15BrF3NO. The van der Waals surface area contributed by atoms with Gasteiger partial charge in [-0.1, -0.05) is 28.8 Å². The number of rotatable bonds is 2. The summed E-state index contributed by atoms with van der Waals surface area (Å²) in [4.78, 5) is 13.9. The largest absolute Gasteiger partial charge is 0.335 e. The highest BCUT2D eigenvalue weighted by Crippen LogP contribution is 2.23. The van der Waals surface area contributed by atoms with Gasteiger partial charge in [-0.15, -0.1) is 0 Å². The SMILES string of the molecule is O=C(c1ccc(F)c(F)c1F)N1CCCCCC1CBr. The van der Waals surface area contributed by atoms with E-state index in [0.717, 1.165) is 37.8 Å². The molecule has 1 aliphatic heterocycles. The molecule has 1 heterocycles. The molecule has 2 rings (SSSR count). The molecule has 1 amide bonds. The Hall–Kier alpha value is -1.04. The highest BCUT2D eigenvalue weighted by molar-refractivity contribution is 9.09. The Morgan fingerprint density at radius 3 is 2.65 bits per heavy atom. The molecule has 0 N–H and O–H groups in total. The number of likely N-dealkylation sites (tertiary alicyclic amines) is 1.